The van der Waals surface area contributed by atoms with Gasteiger partial charge >= 0.3 is 5.97 Å². The summed E-state index contributed by atoms with van der Waals surface area (Å²) < 4.78 is 0. The fraction of sp³-hybridized carbons (Fsp3) is 0.900. The molecule has 3 heteroatoms. The standard InChI is InChI=1S/C10H18O2S/c11-10(12)8-13-9-6-4-2-1-3-5-7-9/h9H,1-8H2,(H,11,12). The van der Waals surface area contributed by atoms with Gasteiger partial charge in [0.2, 0.25) is 0 Å². The molecule has 0 heterocycles. The van der Waals surface area contributed by atoms with Gasteiger partial charge in [0.1, 0.15) is 0 Å². The highest BCUT2D eigenvalue weighted by Gasteiger charge is 2.12. The number of carboxylic acids is 1. The highest BCUT2D eigenvalue weighted by Crippen LogP contribution is 2.26. The molecule has 0 aliphatic heterocycles. The third-order valence-electron chi connectivity index (χ3n) is 2.49. The van der Waals surface area contributed by atoms with Crippen molar-refractivity contribution in [2.75, 3.05) is 5.75 Å². The molecule has 0 radical (unpaired) electrons. The molecule has 0 unspecified atom stereocenters. The number of thioether (sulfide) groups is 1. The Morgan fingerprint density at radius 3 is 2.23 bits per heavy atom. The fourth-order valence-corrected chi connectivity index (χ4v) is 2.82. The minimum absolute atomic E-state index is 0.282. The fourth-order valence-electron chi connectivity index (χ4n) is 1.77. The minimum Gasteiger partial charge on any atom is -0.481 e. The van der Waals surface area contributed by atoms with E-state index >= 15 is 0 Å². The first-order chi connectivity index (χ1) is 6.29. The maximum Gasteiger partial charge on any atom is 0.313 e. The molecule has 1 aliphatic rings. The molecule has 13 heavy (non-hydrogen) atoms. The second kappa shape index (κ2) is 6.30. The van der Waals surface area contributed by atoms with Crippen molar-refractivity contribution in [3.05, 3.63) is 0 Å². The summed E-state index contributed by atoms with van der Waals surface area (Å²) in [6.07, 6.45) is 9.06. The number of hydrogen-bond acceptors (Lipinski definition) is 2. The van der Waals surface area contributed by atoms with Crippen LogP contribution in [0.5, 0.6) is 0 Å². The van der Waals surface area contributed by atoms with E-state index in [0.29, 0.717) is 5.25 Å². The van der Waals surface area contributed by atoms with Gasteiger partial charge in [-0.1, -0.05) is 32.1 Å². The Bertz CT molecular complexity index is 151. The van der Waals surface area contributed by atoms with Gasteiger partial charge in [0, 0.05) is 5.25 Å². The van der Waals surface area contributed by atoms with Crippen molar-refractivity contribution in [2.24, 2.45) is 0 Å². The number of rotatable bonds is 3. The van der Waals surface area contributed by atoms with E-state index in [1.807, 2.05) is 0 Å². The molecule has 1 fully saturated rings. The van der Waals surface area contributed by atoms with Crippen molar-refractivity contribution >= 4 is 17.7 Å². The Morgan fingerprint density at radius 2 is 1.69 bits per heavy atom. The van der Waals surface area contributed by atoms with Gasteiger partial charge in [0.15, 0.2) is 0 Å². The molecule has 0 bridgehead atoms. The molecule has 1 aliphatic carbocycles. The lowest BCUT2D eigenvalue weighted by Crippen LogP contribution is -2.09. The maximum atomic E-state index is 10.4. The van der Waals surface area contributed by atoms with Crippen LogP contribution in [0.4, 0.5) is 0 Å². The summed E-state index contributed by atoms with van der Waals surface area (Å²) in [6, 6.07) is 0. The zero-order valence-corrected chi connectivity index (χ0v) is 8.81. The lowest BCUT2D eigenvalue weighted by atomic mass is 10.0. The van der Waals surface area contributed by atoms with Gasteiger partial charge in [-0.2, -0.15) is 0 Å². The molecule has 0 amide bonds. The zero-order valence-electron chi connectivity index (χ0n) is 8.00. The zero-order chi connectivity index (χ0) is 9.52. The molecule has 2 nitrogen and oxygen atoms in total. The maximum absolute atomic E-state index is 10.4. The largest absolute Gasteiger partial charge is 0.481 e. The van der Waals surface area contributed by atoms with Crippen LogP contribution in [0.25, 0.3) is 0 Å². The monoisotopic (exact) mass is 202 g/mol. The molecular weight excluding hydrogens is 184 g/mol. The quantitative estimate of drug-likeness (QED) is 0.764. The first kappa shape index (κ1) is 10.9. The van der Waals surface area contributed by atoms with E-state index in [9.17, 15) is 4.79 Å². The van der Waals surface area contributed by atoms with E-state index in [4.69, 9.17) is 5.11 Å². The Morgan fingerprint density at radius 1 is 1.15 bits per heavy atom. The first-order valence-corrected chi connectivity index (χ1v) is 6.17. The van der Waals surface area contributed by atoms with Crippen molar-refractivity contribution < 1.29 is 9.90 Å². The van der Waals surface area contributed by atoms with Crippen molar-refractivity contribution in [3.63, 3.8) is 0 Å². The average Bonchev–Trinajstić information content (AvgIpc) is 2.01. The first-order valence-electron chi connectivity index (χ1n) is 5.12. The summed E-state index contributed by atoms with van der Waals surface area (Å²) in [7, 11) is 0. The van der Waals surface area contributed by atoms with Crippen molar-refractivity contribution in [3.8, 4) is 0 Å². The smallest absolute Gasteiger partial charge is 0.313 e. The van der Waals surface area contributed by atoms with E-state index in [0.717, 1.165) is 0 Å². The van der Waals surface area contributed by atoms with Crippen LogP contribution >= 0.6 is 11.8 Å². The van der Waals surface area contributed by atoms with Crippen molar-refractivity contribution in [2.45, 2.75) is 50.2 Å². The number of carbonyl (C=O) groups is 1. The molecule has 1 N–H and O–H groups in total. The van der Waals surface area contributed by atoms with E-state index in [1.165, 1.54) is 44.9 Å². The molecule has 76 valence electrons. The molecule has 0 spiro atoms. The normalized spacial score (nSPS) is 20.6. The lowest BCUT2D eigenvalue weighted by molar-refractivity contribution is -0.133. The predicted octanol–water partition coefficient (Wildman–Crippen LogP) is 2.92. The molecule has 1 saturated carbocycles. The van der Waals surface area contributed by atoms with E-state index in [2.05, 4.69) is 0 Å². The van der Waals surface area contributed by atoms with Crippen molar-refractivity contribution in [1.29, 1.82) is 0 Å². The molecule has 0 saturated heterocycles. The third kappa shape index (κ3) is 5.19. The van der Waals surface area contributed by atoms with Crippen LogP contribution in [-0.2, 0) is 4.79 Å². The Kier molecular flexibility index (Phi) is 5.28. The molecule has 0 aromatic heterocycles. The summed E-state index contributed by atoms with van der Waals surface area (Å²) >= 11 is 1.63. The van der Waals surface area contributed by atoms with Gasteiger partial charge in [0.05, 0.1) is 5.75 Å². The van der Waals surface area contributed by atoms with Gasteiger partial charge in [-0.25, -0.2) is 0 Å². The predicted molar refractivity (Wildman–Crippen MR) is 56.2 cm³/mol. The molecule has 0 aromatic rings. The summed E-state index contributed by atoms with van der Waals surface area (Å²) in [5.41, 5.74) is 0. The lowest BCUT2D eigenvalue weighted by Gasteiger charge is -2.17. The summed E-state index contributed by atoms with van der Waals surface area (Å²) in [6.45, 7) is 0. The minimum atomic E-state index is -0.674. The van der Waals surface area contributed by atoms with Gasteiger partial charge in [-0.05, 0) is 12.8 Å². The van der Waals surface area contributed by atoms with E-state index in [1.54, 1.807) is 11.8 Å². The van der Waals surface area contributed by atoms with Crippen LogP contribution in [0.3, 0.4) is 0 Å². The van der Waals surface area contributed by atoms with Gasteiger partial charge in [0.25, 0.3) is 0 Å². The van der Waals surface area contributed by atoms with Crippen LogP contribution < -0.4 is 0 Å². The SMILES string of the molecule is O=C(O)CSC1CCCCCCC1. The van der Waals surface area contributed by atoms with Crippen LogP contribution in [0.15, 0.2) is 0 Å². The second-order valence-electron chi connectivity index (χ2n) is 3.67. The molecule has 1 rings (SSSR count). The number of aliphatic carboxylic acids is 1. The number of hydrogen-bond donors (Lipinski definition) is 1. The van der Waals surface area contributed by atoms with Gasteiger partial charge in [-0.3, -0.25) is 4.79 Å². The highest BCUT2D eigenvalue weighted by atomic mass is 32.2. The Hall–Kier alpha value is -0.180. The van der Waals surface area contributed by atoms with Crippen LogP contribution in [0, 0.1) is 0 Å². The molecule has 0 aromatic carbocycles. The Balaban J connectivity index is 2.17. The van der Waals surface area contributed by atoms with Crippen LogP contribution in [-0.4, -0.2) is 22.1 Å². The topological polar surface area (TPSA) is 37.3 Å². The van der Waals surface area contributed by atoms with E-state index in [-0.39, 0.29) is 5.75 Å². The highest BCUT2D eigenvalue weighted by molar-refractivity contribution is 8.00. The second-order valence-corrected chi connectivity index (χ2v) is 4.96. The molecular formula is C10H18O2S. The van der Waals surface area contributed by atoms with Gasteiger partial charge < -0.3 is 5.11 Å². The van der Waals surface area contributed by atoms with Crippen molar-refractivity contribution in [1.82, 2.24) is 0 Å². The summed E-state index contributed by atoms with van der Waals surface area (Å²) in [4.78, 5) is 10.4. The molecule has 0 atom stereocenters. The number of carboxylic acid groups (broad SMARTS) is 1. The Labute approximate surface area is 84.1 Å². The van der Waals surface area contributed by atoms with Crippen LogP contribution in [0.1, 0.15) is 44.9 Å². The van der Waals surface area contributed by atoms with Crippen LogP contribution in [0.2, 0.25) is 0 Å². The van der Waals surface area contributed by atoms with E-state index < -0.39 is 5.97 Å². The summed E-state index contributed by atoms with van der Waals surface area (Å²) in [5.74, 6) is -0.392. The average molecular weight is 202 g/mol. The third-order valence-corrected chi connectivity index (χ3v) is 3.85. The van der Waals surface area contributed by atoms with Gasteiger partial charge in [-0.15, -0.1) is 11.8 Å². The summed E-state index contributed by atoms with van der Waals surface area (Å²) in [5, 5.41) is 9.16.